The third-order valence-electron chi connectivity index (χ3n) is 4.88. The Morgan fingerprint density at radius 2 is 1.94 bits per heavy atom. The highest BCUT2D eigenvalue weighted by Crippen LogP contribution is 2.33. The summed E-state index contributed by atoms with van der Waals surface area (Å²) in [7, 11) is 0. The highest BCUT2D eigenvalue weighted by Gasteiger charge is 2.43. The number of carboxylic acid groups (broad SMARTS) is 1. The van der Waals surface area contributed by atoms with Crippen molar-refractivity contribution < 1.29 is 32.2 Å². The minimum absolute atomic E-state index is 0.0526. The third kappa shape index (κ3) is 4.53. The molecule has 0 unspecified atom stereocenters. The maximum atomic E-state index is 13.4. The number of ether oxygens (including phenoxy) is 1. The second-order valence-corrected chi connectivity index (χ2v) is 8.19. The van der Waals surface area contributed by atoms with Crippen LogP contribution >= 0.6 is 11.8 Å². The summed E-state index contributed by atoms with van der Waals surface area (Å²) in [5, 5.41) is 11.0. The molecule has 1 aliphatic rings. The summed E-state index contributed by atoms with van der Waals surface area (Å²) in [6, 6.07) is 10.3. The number of hydrogen-bond acceptors (Lipinski definition) is 4. The molecule has 3 aromatic rings. The van der Waals surface area contributed by atoms with Crippen molar-refractivity contribution in [2.45, 2.75) is 18.1 Å². The van der Waals surface area contributed by atoms with Gasteiger partial charge in [-0.25, -0.2) is 9.18 Å². The lowest BCUT2D eigenvalue weighted by molar-refractivity contribution is -0.142. The van der Waals surface area contributed by atoms with Crippen molar-refractivity contribution in [3.63, 3.8) is 0 Å². The van der Waals surface area contributed by atoms with Gasteiger partial charge >= 0.3 is 12.1 Å². The summed E-state index contributed by atoms with van der Waals surface area (Å²) >= 11 is 1.22. The van der Waals surface area contributed by atoms with E-state index >= 15 is 0 Å². The molecule has 1 aliphatic heterocycles. The van der Waals surface area contributed by atoms with E-state index in [0.717, 1.165) is 17.5 Å². The molecule has 2 N–H and O–H groups in total. The molecule has 2 aromatic carbocycles. The molecular formula is C21H16F4N2O3S. The van der Waals surface area contributed by atoms with Gasteiger partial charge in [-0.2, -0.15) is 13.2 Å². The van der Waals surface area contributed by atoms with Crippen LogP contribution < -0.4 is 4.74 Å². The van der Waals surface area contributed by atoms with Gasteiger partial charge in [-0.1, -0.05) is 0 Å². The number of aliphatic imine (C=N–C) groups is 1. The van der Waals surface area contributed by atoms with Crippen LogP contribution in [0.5, 0.6) is 5.75 Å². The lowest BCUT2D eigenvalue weighted by Gasteiger charge is -2.19. The fourth-order valence-corrected chi connectivity index (χ4v) is 4.39. The van der Waals surface area contributed by atoms with E-state index in [0.29, 0.717) is 16.3 Å². The van der Waals surface area contributed by atoms with E-state index in [4.69, 9.17) is 4.74 Å². The number of H-pyrrole nitrogens is 1. The van der Waals surface area contributed by atoms with Crippen molar-refractivity contribution in [1.29, 1.82) is 0 Å². The number of halogens is 4. The normalized spacial score (nSPS) is 18.9. The van der Waals surface area contributed by atoms with Gasteiger partial charge in [-0.05, 0) is 53.9 Å². The number of aliphatic carboxylic acids is 1. The molecule has 10 heteroatoms. The zero-order valence-corrected chi connectivity index (χ0v) is 16.7. The van der Waals surface area contributed by atoms with Crippen molar-refractivity contribution in [1.82, 2.24) is 4.98 Å². The Balaban J connectivity index is 1.48. The van der Waals surface area contributed by atoms with Crippen LogP contribution in [0.1, 0.15) is 11.3 Å². The summed E-state index contributed by atoms with van der Waals surface area (Å²) in [4.78, 5) is 19.4. The summed E-state index contributed by atoms with van der Waals surface area (Å²) in [5.74, 6) is -1.10. The predicted molar refractivity (Wildman–Crippen MR) is 109 cm³/mol. The molecule has 0 amide bonds. The molecule has 0 radical (unpaired) electrons. The Hall–Kier alpha value is -3.01. The molecule has 1 atom stereocenters. The van der Waals surface area contributed by atoms with Crippen LogP contribution in [0.4, 0.5) is 17.6 Å². The second-order valence-electron chi connectivity index (χ2n) is 7.14. The zero-order chi connectivity index (χ0) is 22.2. The number of carboxylic acids is 1. The average molecular weight is 452 g/mol. The quantitative estimate of drug-likeness (QED) is 0.521. The molecule has 0 saturated carbocycles. The zero-order valence-electron chi connectivity index (χ0n) is 15.9. The van der Waals surface area contributed by atoms with Gasteiger partial charge in [0.25, 0.3) is 0 Å². The number of nitrogens with one attached hydrogen (secondary N) is 1. The minimum Gasteiger partial charge on any atom is -0.487 e. The van der Waals surface area contributed by atoms with Crippen LogP contribution in [0.15, 0.2) is 53.5 Å². The smallest absolute Gasteiger partial charge is 0.416 e. The molecule has 0 bridgehead atoms. The first-order valence-electron chi connectivity index (χ1n) is 9.17. The van der Waals surface area contributed by atoms with E-state index in [-0.39, 0.29) is 24.5 Å². The molecule has 5 nitrogen and oxygen atoms in total. The summed E-state index contributed by atoms with van der Waals surface area (Å²) in [6.07, 6.45) is -4.35. The van der Waals surface area contributed by atoms with Crippen LogP contribution in [0.25, 0.3) is 10.9 Å². The summed E-state index contributed by atoms with van der Waals surface area (Å²) < 4.78 is 56.8. The lowest BCUT2D eigenvalue weighted by atomic mass is 9.96. The van der Waals surface area contributed by atoms with Gasteiger partial charge in [0.1, 0.15) is 23.2 Å². The number of rotatable bonds is 6. The van der Waals surface area contributed by atoms with Crippen molar-refractivity contribution in [2.24, 2.45) is 4.99 Å². The van der Waals surface area contributed by atoms with E-state index in [1.165, 1.54) is 36.0 Å². The van der Waals surface area contributed by atoms with E-state index in [1.807, 2.05) is 0 Å². The van der Waals surface area contributed by atoms with Gasteiger partial charge in [0.05, 0.1) is 5.56 Å². The topological polar surface area (TPSA) is 74.7 Å². The first-order valence-corrected chi connectivity index (χ1v) is 10.2. The summed E-state index contributed by atoms with van der Waals surface area (Å²) in [6.45, 7) is -0.0526. The van der Waals surface area contributed by atoms with Gasteiger partial charge in [0.2, 0.25) is 0 Å². The number of nitrogens with zero attached hydrogens (tertiary/aromatic N) is 1. The highest BCUT2D eigenvalue weighted by atomic mass is 32.2. The number of aromatic nitrogens is 1. The number of thioether (sulfide) groups is 1. The average Bonchev–Trinajstić information content (AvgIpc) is 3.30. The van der Waals surface area contributed by atoms with Crippen LogP contribution in [-0.4, -0.2) is 39.0 Å². The maximum Gasteiger partial charge on any atom is 0.416 e. The number of fused-ring (bicyclic) bond motifs is 1. The van der Waals surface area contributed by atoms with Crippen molar-refractivity contribution >= 4 is 33.7 Å². The number of benzene rings is 2. The number of aromatic amines is 1. The molecule has 162 valence electrons. The molecule has 0 fully saturated rings. The number of alkyl halides is 3. The molecule has 0 saturated heterocycles. The van der Waals surface area contributed by atoms with Crippen molar-refractivity contribution in [2.75, 3.05) is 12.4 Å². The fourth-order valence-electron chi connectivity index (χ4n) is 3.31. The Bertz CT molecular complexity index is 1160. The van der Waals surface area contributed by atoms with E-state index in [9.17, 15) is 27.5 Å². The van der Waals surface area contributed by atoms with Gasteiger partial charge in [-0.15, -0.1) is 11.8 Å². The molecule has 31 heavy (non-hydrogen) atoms. The van der Waals surface area contributed by atoms with Gasteiger partial charge in [0, 0.05) is 23.4 Å². The van der Waals surface area contributed by atoms with Gasteiger partial charge < -0.3 is 14.8 Å². The third-order valence-corrected chi connectivity index (χ3v) is 6.05. The van der Waals surface area contributed by atoms with Gasteiger partial charge in [-0.3, -0.25) is 4.99 Å². The van der Waals surface area contributed by atoms with Gasteiger partial charge in [0.15, 0.2) is 5.54 Å². The largest absolute Gasteiger partial charge is 0.487 e. The number of hydrogen-bond donors (Lipinski definition) is 2. The first kappa shape index (κ1) is 21.2. The Labute approximate surface area is 178 Å². The predicted octanol–water partition coefficient (Wildman–Crippen LogP) is 4.92. The van der Waals surface area contributed by atoms with Crippen LogP contribution in [-0.2, 0) is 17.4 Å². The molecule has 4 rings (SSSR count). The SMILES string of the molecule is O=C(O)[C@]1(Cc2cc3ccc(F)cc3[nH]2)CSC(COc2ccc(C(F)(F)F)cc2)=N1. The van der Waals surface area contributed by atoms with E-state index in [1.54, 1.807) is 12.1 Å². The lowest BCUT2D eigenvalue weighted by Crippen LogP contribution is -2.39. The monoisotopic (exact) mass is 452 g/mol. The van der Waals surface area contributed by atoms with Crippen LogP contribution in [0.2, 0.25) is 0 Å². The Morgan fingerprint density at radius 1 is 1.19 bits per heavy atom. The molecule has 0 aliphatic carbocycles. The number of carbonyl (C=O) groups is 1. The van der Waals surface area contributed by atoms with Crippen LogP contribution in [0.3, 0.4) is 0 Å². The second kappa shape index (κ2) is 7.92. The van der Waals surface area contributed by atoms with Crippen molar-refractivity contribution in [3.05, 3.63) is 65.6 Å². The first-order chi connectivity index (χ1) is 14.6. The maximum absolute atomic E-state index is 13.4. The Morgan fingerprint density at radius 3 is 2.61 bits per heavy atom. The standard InChI is InChI=1S/C21H16F4N2O3S/c22-14-4-1-12-7-15(26-17(12)8-14)9-20(19(28)29)11-31-18(27-20)10-30-16-5-2-13(3-6-16)21(23,24)25/h1-8,26H,9-11H2,(H,28,29)/t20-/m0/s1. The molecular weight excluding hydrogens is 436 g/mol. The fraction of sp³-hybridized carbons (Fsp3) is 0.238. The molecule has 1 aromatic heterocycles. The molecule has 0 spiro atoms. The summed E-state index contributed by atoms with van der Waals surface area (Å²) in [5.41, 5.74) is -1.02. The highest BCUT2D eigenvalue weighted by molar-refractivity contribution is 8.14. The van der Waals surface area contributed by atoms with E-state index < -0.39 is 29.1 Å². The Kier molecular flexibility index (Phi) is 5.42. The van der Waals surface area contributed by atoms with E-state index in [2.05, 4.69) is 9.98 Å². The minimum atomic E-state index is -4.43. The van der Waals surface area contributed by atoms with Crippen molar-refractivity contribution in [3.8, 4) is 5.75 Å². The molecule has 2 heterocycles. The van der Waals surface area contributed by atoms with Crippen LogP contribution in [0, 0.1) is 5.82 Å².